The number of ether oxygens (including phenoxy) is 3. The molecule has 1 heterocycles. The fourth-order valence-corrected chi connectivity index (χ4v) is 2.86. The van der Waals surface area contributed by atoms with Crippen LogP contribution < -0.4 is 19.7 Å². The molecular weight excluding hydrogens is 358 g/mol. The average Bonchev–Trinajstić information content (AvgIpc) is 2.69. The number of nitrogens with one attached hydrogen (secondary N) is 1. The van der Waals surface area contributed by atoms with Crippen molar-refractivity contribution in [3.05, 3.63) is 48.0 Å². The van der Waals surface area contributed by atoms with Crippen molar-refractivity contribution in [2.24, 2.45) is 0 Å². The predicted octanol–water partition coefficient (Wildman–Crippen LogP) is 3.39. The third-order valence-corrected chi connectivity index (χ3v) is 4.15. The van der Waals surface area contributed by atoms with Gasteiger partial charge in [-0.3, -0.25) is 4.79 Å². The third kappa shape index (κ3) is 4.65. The molecule has 0 spiro atoms. The first kappa shape index (κ1) is 18.9. The number of amides is 1. The number of hydrogen-bond donors (Lipinski definition) is 1. The van der Waals surface area contributed by atoms with E-state index in [0.717, 1.165) is 18.8 Å². The topological polar surface area (TPSA) is 60.0 Å². The predicted molar refractivity (Wildman–Crippen MR) is 97.1 cm³/mol. The van der Waals surface area contributed by atoms with Gasteiger partial charge in [0.15, 0.2) is 11.5 Å². The second kappa shape index (κ2) is 8.68. The molecule has 0 radical (unpaired) electrons. The number of hydrogen-bond acceptors (Lipinski definition) is 5. The van der Waals surface area contributed by atoms with Gasteiger partial charge in [0.05, 0.1) is 31.7 Å². The highest BCUT2D eigenvalue weighted by molar-refractivity contribution is 6.06. The standard InChI is InChI=1S/C19H20F2N2O4/c1-25-17-12-13(6-7-16(17)27-19(20)21)18(24)22-14-4-2-3-5-15(14)23-8-10-26-11-9-23/h2-7,12,19H,8-11H2,1H3,(H,22,24). The summed E-state index contributed by atoms with van der Waals surface area (Å²) in [5.41, 5.74) is 1.83. The summed E-state index contributed by atoms with van der Waals surface area (Å²) in [5.74, 6) is -0.445. The van der Waals surface area contributed by atoms with Crippen LogP contribution in [0.1, 0.15) is 10.4 Å². The van der Waals surface area contributed by atoms with E-state index < -0.39 is 6.61 Å². The molecule has 1 N–H and O–H groups in total. The van der Waals surface area contributed by atoms with E-state index in [1.165, 1.54) is 25.3 Å². The molecule has 2 aromatic rings. The van der Waals surface area contributed by atoms with Crippen LogP contribution in [0.15, 0.2) is 42.5 Å². The Morgan fingerprint density at radius 2 is 1.89 bits per heavy atom. The molecule has 1 saturated heterocycles. The van der Waals surface area contributed by atoms with Crippen LogP contribution in [0.4, 0.5) is 20.2 Å². The van der Waals surface area contributed by atoms with Crippen LogP contribution in [0.3, 0.4) is 0 Å². The van der Waals surface area contributed by atoms with Crippen molar-refractivity contribution in [3.8, 4) is 11.5 Å². The SMILES string of the molecule is COc1cc(C(=O)Nc2ccccc2N2CCOCC2)ccc1OC(F)F. The molecule has 27 heavy (non-hydrogen) atoms. The fraction of sp³-hybridized carbons (Fsp3) is 0.316. The zero-order chi connectivity index (χ0) is 19.2. The number of morpholine rings is 1. The number of alkyl halides is 2. The van der Waals surface area contributed by atoms with Gasteiger partial charge in [0.2, 0.25) is 0 Å². The Balaban J connectivity index is 1.79. The second-order valence-electron chi connectivity index (χ2n) is 5.81. The number of rotatable bonds is 6. The molecule has 144 valence electrons. The maximum absolute atomic E-state index is 12.7. The highest BCUT2D eigenvalue weighted by Gasteiger charge is 2.18. The van der Waals surface area contributed by atoms with E-state index in [1.54, 1.807) is 0 Å². The number of carbonyl (C=O) groups is 1. The lowest BCUT2D eigenvalue weighted by molar-refractivity contribution is -0.0512. The molecule has 0 saturated carbocycles. The Morgan fingerprint density at radius 1 is 1.15 bits per heavy atom. The molecule has 0 bridgehead atoms. The molecule has 6 nitrogen and oxygen atoms in total. The highest BCUT2D eigenvalue weighted by Crippen LogP contribution is 2.31. The molecule has 1 aliphatic heterocycles. The number of nitrogens with zero attached hydrogens (tertiary/aromatic N) is 1. The van der Waals surface area contributed by atoms with Crippen LogP contribution in [-0.2, 0) is 4.74 Å². The summed E-state index contributed by atoms with van der Waals surface area (Å²) in [6.45, 7) is -0.240. The van der Waals surface area contributed by atoms with Crippen molar-refractivity contribution >= 4 is 17.3 Å². The number of methoxy groups -OCH3 is 1. The van der Waals surface area contributed by atoms with E-state index in [0.29, 0.717) is 18.9 Å². The minimum Gasteiger partial charge on any atom is -0.493 e. The number of para-hydroxylation sites is 2. The van der Waals surface area contributed by atoms with Gasteiger partial charge < -0.3 is 24.4 Å². The zero-order valence-electron chi connectivity index (χ0n) is 14.8. The number of carbonyl (C=O) groups excluding carboxylic acids is 1. The molecule has 0 atom stereocenters. The molecule has 0 unspecified atom stereocenters. The lowest BCUT2D eigenvalue weighted by atomic mass is 10.1. The Labute approximate surface area is 155 Å². The smallest absolute Gasteiger partial charge is 0.387 e. The van der Waals surface area contributed by atoms with Crippen LogP contribution in [0.5, 0.6) is 11.5 Å². The van der Waals surface area contributed by atoms with Gasteiger partial charge in [-0.1, -0.05) is 12.1 Å². The van der Waals surface area contributed by atoms with Gasteiger partial charge in [-0.05, 0) is 30.3 Å². The van der Waals surface area contributed by atoms with E-state index in [2.05, 4.69) is 15.0 Å². The summed E-state index contributed by atoms with van der Waals surface area (Å²) in [6.07, 6.45) is 0. The second-order valence-corrected chi connectivity index (χ2v) is 5.81. The van der Waals surface area contributed by atoms with E-state index in [1.807, 2.05) is 24.3 Å². The first-order valence-corrected chi connectivity index (χ1v) is 8.44. The molecule has 1 fully saturated rings. The molecule has 8 heteroatoms. The molecule has 2 aromatic carbocycles. The van der Waals surface area contributed by atoms with Gasteiger partial charge in [-0.25, -0.2) is 0 Å². The van der Waals surface area contributed by atoms with E-state index in [4.69, 9.17) is 9.47 Å². The summed E-state index contributed by atoms with van der Waals surface area (Å²) in [6, 6.07) is 11.5. The Hall–Kier alpha value is -2.87. The van der Waals surface area contributed by atoms with Gasteiger partial charge in [-0.2, -0.15) is 8.78 Å². The van der Waals surface area contributed by atoms with Gasteiger partial charge >= 0.3 is 6.61 Å². The van der Waals surface area contributed by atoms with Crippen LogP contribution >= 0.6 is 0 Å². The molecular formula is C19H20F2N2O4. The van der Waals surface area contributed by atoms with Gasteiger partial charge in [0.1, 0.15) is 0 Å². The summed E-state index contributed by atoms with van der Waals surface area (Å²) >= 11 is 0. The third-order valence-electron chi connectivity index (χ3n) is 4.15. The van der Waals surface area contributed by atoms with Crippen LogP contribution in [0, 0.1) is 0 Å². The average molecular weight is 378 g/mol. The Bertz CT molecular complexity index is 795. The van der Waals surface area contributed by atoms with E-state index in [9.17, 15) is 13.6 Å². The minimum absolute atomic E-state index is 0.0596. The van der Waals surface area contributed by atoms with Crippen molar-refractivity contribution in [1.82, 2.24) is 0 Å². The fourth-order valence-electron chi connectivity index (χ4n) is 2.86. The normalized spacial score (nSPS) is 14.1. The van der Waals surface area contributed by atoms with Crippen molar-refractivity contribution in [2.75, 3.05) is 43.6 Å². The van der Waals surface area contributed by atoms with Crippen molar-refractivity contribution in [2.45, 2.75) is 6.61 Å². The summed E-state index contributed by atoms with van der Waals surface area (Å²) in [4.78, 5) is 14.8. The molecule has 0 aromatic heterocycles. The Morgan fingerprint density at radius 3 is 2.59 bits per heavy atom. The van der Waals surface area contributed by atoms with Gasteiger partial charge in [-0.15, -0.1) is 0 Å². The van der Waals surface area contributed by atoms with Crippen molar-refractivity contribution < 1.29 is 27.8 Å². The molecule has 1 amide bonds. The first-order valence-electron chi connectivity index (χ1n) is 8.44. The van der Waals surface area contributed by atoms with Crippen LogP contribution in [0.25, 0.3) is 0 Å². The van der Waals surface area contributed by atoms with Gasteiger partial charge in [0, 0.05) is 18.7 Å². The number of halogens is 2. The minimum atomic E-state index is -2.97. The first-order chi connectivity index (χ1) is 13.1. The highest BCUT2D eigenvalue weighted by atomic mass is 19.3. The van der Waals surface area contributed by atoms with Crippen LogP contribution in [0.2, 0.25) is 0 Å². The van der Waals surface area contributed by atoms with Gasteiger partial charge in [0.25, 0.3) is 5.91 Å². The maximum Gasteiger partial charge on any atom is 0.387 e. The Kier molecular flexibility index (Phi) is 6.08. The van der Waals surface area contributed by atoms with Crippen molar-refractivity contribution in [3.63, 3.8) is 0 Å². The molecule has 1 aliphatic rings. The summed E-state index contributed by atoms with van der Waals surface area (Å²) < 4.78 is 39.7. The van der Waals surface area contributed by atoms with Crippen LogP contribution in [-0.4, -0.2) is 45.9 Å². The quantitative estimate of drug-likeness (QED) is 0.835. The molecule has 3 rings (SSSR count). The monoisotopic (exact) mass is 378 g/mol. The van der Waals surface area contributed by atoms with E-state index in [-0.39, 0.29) is 23.0 Å². The number of benzene rings is 2. The maximum atomic E-state index is 12.7. The molecule has 0 aliphatic carbocycles. The van der Waals surface area contributed by atoms with Crippen molar-refractivity contribution in [1.29, 1.82) is 0 Å². The summed E-state index contributed by atoms with van der Waals surface area (Å²) in [7, 11) is 1.32. The van der Waals surface area contributed by atoms with E-state index >= 15 is 0 Å². The lowest BCUT2D eigenvalue weighted by Gasteiger charge is -2.30. The zero-order valence-corrected chi connectivity index (χ0v) is 14.8. The largest absolute Gasteiger partial charge is 0.493 e. The lowest BCUT2D eigenvalue weighted by Crippen LogP contribution is -2.36. The number of anilines is 2. The summed E-state index contributed by atoms with van der Waals surface area (Å²) in [5, 5.41) is 2.87.